The standard InChI is InChI=1S/C25H28N2O3/c1-23(2)14-25(29,16-26)15-24(3,4)27(23)22(28)30-13-21-19-11-7-5-9-17(19)18-10-6-8-12-20(18)21/h5-12,21,29H,13-15H2,1-4H3. The molecular weight excluding hydrogens is 376 g/mol. The van der Waals surface area contributed by atoms with Crippen LogP contribution in [0.2, 0.25) is 0 Å². The molecule has 4 rings (SSSR count). The quantitative estimate of drug-likeness (QED) is 0.727. The van der Waals surface area contributed by atoms with Crippen LogP contribution in [-0.2, 0) is 4.74 Å². The number of hydrogen-bond donors (Lipinski definition) is 1. The van der Waals surface area contributed by atoms with Crippen molar-refractivity contribution < 1.29 is 14.6 Å². The van der Waals surface area contributed by atoms with E-state index in [1.54, 1.807) is 4.90 Å². The summed E-state index contributed by atoms with van der Waals surface area (Å²) in [5, 5.41) is 20.1. The Balaban J connectivity index is 1.58. The fourth-order valence-corrected chi connectivity index (χ4v) is 5.70. The number of ether oxygens (including phenoxy) is 1. The van der Waals surface area contributed by atoms with E-state index in [1.165, 1.54) is 22.3 Å². The molecule has 0 aromatic heterocycles. The fourth-order valence-electron chi connectivity index (χ4n) is 5.70. The number of rotatable bonds is 2. The summed E-state index contributed by atoms with van der Waals surface area (Å²) in [7, 11) is 0. The van der Waals surface area contributed by atoms with Crippen molar-refractivity contribution in [2.45, 2.75) is 63.1 Å². The Kier molecular flexibility index (Phi) is 4.67. The van der Waals surface area contributed by atoms with E-state index in [0.717, 1.165) is 0 Å². The smallest absolute Gasteiger partial charge is 0.410 e. The molecule has 5 heteroatoms. The monoisotopic (exact) mass is 404 g/mol. The van der Waals surface area contributed by atoms with Gasteiger partial charge in [-0.25, -0.2) is 4.79 Å². The van der Waals surface area contributed by atoms with Gasteiger partial charge in [-0.05, 0) is 49.9 Å². The van der Waals surface area contributed by atoms with E-state index in [1.807, 2.05) is 58.0 Å². The third-order valence-electron chi connectivity index (χ3n) is 6.39. The van der Waals surface area contributed by atoms with Gasteiger partial charge in [-0.3, -0.25) is 4.90 Å². The van der Waals surface area contributed by atoms with Crippen molar-refractivity contribution in [2.75, 3.05) is 6.61 Å². The number of piperidine rings is 1. The molecule has 1 N–H and O–H groups in total. The Morgan fingerprint density at radius 2 is 1.50 bits per heavy atom. The van der Waals surface area contributed by atoms with Crippen LogP contribution in [0.3, 0.4) is 0 Å². The van der Waals surface area contributed by atoms with Gasteiger partial charge in [0.15, 0.2) is 5.60 Å². The maximum Gasteiger partial charge on any atom is 0.410 e. The zero-order valence-corrected chi connectivity index (χ0v) is 18.0. The number of nitrogens with zero attached hydrogens (tertiary/aromatic N) is 2. The fraction of sp³-hybridized carbons (Fsp3) is 0.440. The Bertz CT molecular complexity index is 971. The summed E-state index contributed by atoms with van der Waals surface area (Å²) in [4.78, 5) is 14.9. The van der Waals surface area contributed by atoms with Crippen molar-refractivity contribution in [3.8, 4) is 17.2 Å². The number of benzene rings is 2. The summed E-state index contributed by atoms with van der Waals surface area (Å²) in [5.74, 6) is -0.00611. The van der Waals surface area contributed by atoms with Crippen LogP contribution in [0, 0.1) is 11.3 Å². The molecule has 1 amide bonds. The van der Waals surface area contributed by atoms with Gasteiger partial charge in [-0.15, -0.1) is 0 Å². The second-order valence-corrected chi connectivity index (χ2v) is 9.76. The van der Waals surface area contributed by atoms with Gasteiger partial charge < -0.3 is 9.84 Å². The Hall–Kier alpha value is -2.84. The van der Waals surface area contributed by atoms with Crippen LogP contribution in [0.25, 0.3) is 11.1 Å². The van der Waals surface area contributed by atoms with Gasteiger partial charge in [0.05, 0.1) is 6.07 Å². The topological polar surface area (TPSA) is 73.6 Å². The second kappa shape index (κ2) is 6.85. The van der Waals surface area contributed by atoms with Crippen molar-refractivity contribution >= 4 is 6.09 Å². The predicted molar refractivity (Wildman–Crippen MR) is 115 cm³/mol. The number of carbonyl (C=O) groups is 1. The summed E-state index contributed by atoms with van der Waals surface area (Å²) < 4.78 is 5.87. The van der Waals surface area contributed by atoms with Crippen LogP contribution in [0.1, 0.15) is 57.6 Å². The summed E-state index contributed by atoms with van der Waals surface area (Å²) >= 11 is 0. The molecule has 2 aromatic rings. The molecule has 0 radical (unpaired) electrons. The lowest BCUT2D eigenvalue weighted by Gasteiger charge is -2.55. The zero-order chi connectivity index (χ0) is 21.7. The Morgan fingerprint density at radius 3 is 1.97 bits per heavy atom. The van der Waals surface area contributed by atoms with E-state index in [2.05, 4.69) is 24.3 Å². The first-order chi connectivity index (χ1) is 14.1. The van der Waals surface area contributed by atoms with E-state index in [9.17, 15) is 15.2 Å². The van der Waals surface area contributed by atoms with E-state index in [-0.39, 0.29) is 25.4 Å². The number of hydrogen-bond acceptors (Lipinski definition) is 4. The molecule has 1 aliphatic heterocycles. The maximum absolute atomic E-state index is 13.2. The molecule has 1 fully saturated rings. The molecule has 0 atom stereocenters. The lowest BCUT2D eigenvalue weighted by molar-refractivity contribution is -0.0976. The molecule has 5 nitrogen and oxygen atoms in total. The van der Waals surface area contributed by atoms with Crippen molar-refractivity contribution in [3.05, 3.63) is 59.7 Å². The summed E-state index contributed by atoms with van der Waals surface area (Å²) in [6.45, 7) is 7.74. The number of amides is 1. The van der Waals surface area contributed by atoms with Crippen molar-refractivity contribution in [3.63, 3.8) is 0 Å². The number of fused-ring (bicyclic) bond motifs is 3. The van der Waals surface area contributed by atoms with Gasteiger partial charge in [0.1, 0.15) is 6.61 Å². The lowest BCUT2D eigenvalue weighted by atomic mass is 9.72. The van der Waals surface area contributed by atoms with Crippen LogP contribution in [0.4, 0.5) is 4.79 Å². The average molecular weight is 405 g/mol. The highest BCUT2D eigenvalue weighted by atomic mass is 16.6. The molecule has 1 heterocycles. The molecule has 30 heavy (non-hydrogen) atoms. The number of nitriles is 1. The zero-order valence-electron chi connectivity index (χ0n) is 18.0. The molecule has 0 bridgehead atoms. The largest absolute Gasteiger partial charge is 0.448 e. The van der Waals surface area contributed by atoms with Gasteiger partial charge in [0.2, 0.25) is 0 Å². The first-order valence-electron chi connectivity index (χ1n) is 10.4. The first-order valence-corrected chi connectivity index (χ1v) is 10.4. The van der Waals surface area contributed by atoms with E-state index >= 15 is 0 Å². The summed E-state index contributed by atoms with van der Waals surface area (Å²) in [6.07, 6.45) is -0.0410. The molecular formula is C25H28N2O3. The number of aliphatic hydroxyl groups is 1. The summed E-state index contributed by atoms with van der Waals surface area (Å²) in [6, 6.07) is 18.5. The van der Waals surface area contributed by atoms with Crippen LogP contribution in [0.15, 0.2) is 48.5 Å². The van der Waals surface area contributed by atoms with E-state index in [4.69, 9.17) is 4.74 Å². The minimum atomic E-state index is -1.45. The normalized spacial score (nSPS) is 20.7. The third kappa shape index (κ3) is 3.26. The predicted octanol–water partition coefficient (Wildman–Crippen LogP) is 4.84. The van der Waals surface area contributed by atoms with Gasteiger partial charge in [-0.2, -0.15) is 5.26 Å². The lowest BCUT2D eigenvalue weighted by Crippen LogP contribution is -2.67. The van der Waals surface area contributed by atoms with Crippen LogP contribution in [-0.4, -0.2) is 39.4 Å². The Morgan fingerprint density at radius 1 is 1.03 bits per heavy atom. The molecule has 1 aliphatic carbocycles. The number of carbonyl (C=O) groups excluding carboxylic acids is 1. The molecule has 0 unspecified atom stereocenters. The van der Waals surface area contributed by atoms with Crippen molar-refractivity contribution in [1.82, 2.24) is 4.90 Å². The van der Waals surface area contributed by atoms with E-state index in [0.29, 0.717) is 0 Å². The van der Waals surface area contributed by atoms with Crippen LogP contribution >= 0.6 is 0 Å². The highest BCUT2D eigenvalue weighted by Gasteiger charge is 2.54. The van der Waals surface area contributed by atoms with Crippen LogP contribution in [0.5, 0.6) is 0 Å². The molecule has 0 saturated carbocycles. The Labute approximate surface area is 177 Å². The minimum absolute atomic E-state index is 0.00611. The van der Waals surface area contributed by atoms with Gasteiger partial charge >= 0.3 is 6.09 Å². The van der Waals surface area contributed by atoms with Gasteiger partial charge in [0, 0.05) is 29.8 Å². The summed E-state index contributed by atoms with van der Waals surface area (Å²) in [5.41, 5.74) is 1.83. The van der Waals surface area contributed by atoms with Crippen molar-refractivity contribution in [2.24, 2.45) is 0 Å². The average Bonchev–Trinajstić information content (AvgIpc) is 2.98. The molecule has 2 aliphatic rings. The molecule has 1 saturated heterocycles. The first kappa shape index (κ1) is 20.4. The highest BCUT2D eigenvalue weighted by Crippen LogP contribution is 2.46. The van der Waals surface area contributed by atoms with E-state index < -0.39 is 22.8 Å². The van der Waals surface area contributed by atoms with Crippen molar-refractivity contribution in [1.29, 1.82) is 5.26 Å². The second-order valence-electron chi connectivity index (χ2n) is 9.76. The van der Waals surface area contributed by atoms with Gasteiger partial charge in [-0.1, -0.05) is 48.5 Å². The highest BCUT2D eigenvalue weighted by molar-refractivity contribution is 5.79. The molecule has 0 spiro atoms. The maximum atomic E-state index is 13.2. The van der Waals surface area contributed by atoms with Gasteiger partial charge in [0.25, 0.3) is 0 Å². The SMILES string of the molecule is CC1(C)CC(O)(C#N)CC(C)(C)N1C(=O)OCC1c2ccccc2-c2ccccc21. The minimum Gasteiger partial charge on any atom is -0.448 e. The number of likely N-dealkylation sites (tertiary alicyclic amines) is 1. The third-order valence-corrected chi connectivity index (χ3v) is 6.39. The molecule has 2 aromatic carbocycles. The molecule has 156 valence electrons. The van der Waals surface area contributed by atoms with Crippen LogP contribution < -0.4 is 0 Å².